The minimum Gasteiger partial charge on any atom is -0.365 e. The quantitative estimate of drug-likeness (QED) is 0.882. The number of aromatic nitrogens is 3. The molecule has 0 aliphatic carbocycles. The third-order valence-electron chi connectivity index (χ3n) is 2.60. The van der Waals surface area contributed by atoms with Crippen LogP contribution in [0, 0.1) is 0 Å². The van der Waals surface area contributed by atoms with Gasteiger partial charge in [0.2, 0.25) is 0 Å². The molecule has 0 aromatic carbocycles. The van der Waals surface area contributed by atoms with Crippen LogP contribution in [0.15, 0.2) is 18.5 Å². The Kier molecular flexibility index (Phi) is 3.72. The maximum atomic E-state index is 12.6. The molecule has 0 aliphatic heterocycles. The van der Waals surface area contributed by atoms with Gasteiger partial charge in [-0.05, 0) is 6.92 Å². The van der Waals surface area contributed by atoms with Gasteiger partial charge in [0.15, 0.2) is 11.5 Å². The number of alkyl halides is 6. The Balaban J connectivity index is 2.30. The summed E-state index contributed by atoms with van der Waals surface area (Å²) in [4.78, 5) is 3.77. The molecule has 1 unspecified atom stereocenters. The van der Waals surface area contributed by atoms with Crippen LogP contribution in [0.3, 0.4) is 0 Å². The highest BCUT2D eigenvalue weighted by Gasteiger charge is 2.35. The molecule has 2 heterocycles. The normalized spacial score (nSPS) is 14.4. The molecule has 2 aromatic rings. The van der Waals surface area contributed by atoms with Crippen molar-refractivity contribution in [3.8, 4) is 0 Å². The number of fused-ring (bicyclic) bond motifs is 1. The van der Waals surface area contributed by atoms with Gasteiger partial charge >= 0.3 is 12.4 Å². The van der Waals surface area contributed by atoms with Gasteiger partial charge in [0.1, 0.15) is 5.52 Å². The van der Waals surface area contributed by atoms with Crippen LogP contribution in [-0.2, 0) is 6.18 Å². The van der Waals surface area contributed by atoms with Crippen LogP contribution in [0.1, 0.15) is 19.0 Å². The predicted molar refractivity (Wildman–Crippen MR) is 61.7 cm³/mol. The number of hydrogen-bond acceptors (Lipinski definition) is 3. The van der Waals surface area contributed by atoms with Crippen LogP contribution in [0.5, 0.6) is 0 Å². The summed E-state index contributed by atoms with van der Waals surface area (Å²) in [7, 11) is 0. The lowest BCUT2D eigenvalue weighted by Gasteiger charge is -2.16. The van der Waals surface area contributed by atoms with Gasteiger partial charge in [0.25, 0.3) is 0 Å². The molecule has 10 heteroatoms. The van der Waals surface area contributed by atoms with Gasteiger partial charge in [-0.2, -0.15) is 31.4 Å². The van der Waals surface area contributed by atoms with Crippen LogP contribution in [0.25, 0.3) is 5.52 Å². The molecule has 2 aromatic heterocycles. The number of hydrogen-bond donors (Lipinski definition) is 1. The molecule has 0 saturated carbocycles. The second-order valence-electron chi connectivity index (χ2n) is 4.50. The van der Waals surface area contributed by atoms with E-state index in [1.54, 1.807) is 0 Å². The summed E-state index contributed by atoms with van der Waals surface area (Å²) in [5, 5.41) is 5.76. The monoisotopic (exact) mass is 312 g/mol. The van der Waals surface area contributed by atoms with E-state index in [-0.39, 0.29) is 11.3 Å². The molecule has 21 heavy (non-hydrogen) atoms. The van der Waals surface area contributed by atoms with Crippen LogP contribution in [0.2, 0.25) is 0 Å². The summed E-state index contributed by atoms with van der Waals surface area (Å²) >= 11 is 0. The van der Waals surface area contributed by atoms with Crippen LogP contribution >= 0.6 is 0 Å². The van der Waals surface area contributed by atoms with Crippen molar-refractivity contribution < 1.29 is 26.3 Å². The Hall–Kier alpha value is -2.00. The van der Waals surface area contributed by atoms with Crippen molar-refractivity contribution in [3.63, 3.8) is 0 Å². The van der Waals surface area contributed by atoms with E-state index in [2.05, 4.69) is 15.4 Å². The Morgan fingerprint density at radius 1 is 1.24 bits per heavy atom. The molecule has 0 aliphatic rings. The second kappa shape index (κ2) is 5.08. The number of nitrogens with zero attached hydrogens (tertiary/aromatic N) is 3. The van der Waals surface area contributed by atoms with Crippen LogP contribution < -0.4 is 5.32 Å². The van der Waals surface area contributed by atoms with E-state index in [0.717, 1.165) is 16.8 Å². The maximum Gasteiger partial charge on any atom is 0.435 e. The van der Waals surface area contributed by atoms with Crippen molar-refractivity contribution in [2.24, 2.45) is 0 Å². The van der Waals surface area contributed by atoms with Crippen molar-refractivity contribution in [1.82, 2.24) is 14.6 Å². The standard InChI is InChI=1S/C11H10F6N4/c1-6(5-10(12,13)14)19-9-7-4-8(11(15,16)17)20-21(7)3-2-18-9/h2-4,6H,5H2,1H3,(H,18,19). The van der Waals surface area contributed by atoms with Crippen molar-refractivity contribution in [2.45, 2.75) is 31.7 Å². The molecule has 0 radical (unpaired) electrons. The van der Waals surface area contributed by atoms with Gasteiger partial charge < -0.3 is 5.32 Å². The fourth-order valence-electron chi connectivity index (χ4n) is 1.80. The van der Waals surface area contributed by atoms with Crippen molar-refractivity contribution in [3.05, 3.63) is 24.2 Å². The number of rotatable bonds is 3. The molecular formula is C11H10F6N4. The Labute approximate surface area is 114 Å². The van der Waals surface area contributed by atoms with E-state index in [0.29, 0.717) is 0 Å². The average molecular weight is 312 g/mol. The lowest BCUT2D eigenvalue weighted by Crippen LogP contribution is -2.24. The zero-order chi connectivity index (χ0) is 15.8. The highest BCUT2D eigenvalue weighted by atomic mass is 19.4. The topological polar surface area (TPSA) is 42.2 Å². The van der Waals surface area contributed by atoms with Gasteiger partial charge in [-0.3, -0.25) is 0 Å². The van der Waals surface area contributed by atoms with Crippen molar-refractivity contribution >= 4 is 11.3 Å². The molecule has 0 fully saturated rings. The average Bonchev–Trinajstić information content (AvgIpc) is 2.70. The first-order valence-electron chi connectivity index (χ1n) is 5.81. The minimum absolute atomic E-state index is 0.0427. The zero-order valence-corrected chi connectivity index (χ0v) is 10.6. The first kappa shape index (κ1) is 15.4. The van der Waals surface area contributed by atoms with Gasteiger partial charge in [-0.1, -0.05) is 0 Å². The van der Waals surface area contributed by atoms with Gasteiger partial charge in [0, 0.05) is 24.5 Å². The summed E-state index contributed by atoms with van der Waals surface area (Å²) in [5.41, 5.74) is -1.18. The molecule has 4 nitrogen and oxygen atoms in total. The largest absolute Gasteiger partial charge is 0.435 e. The number of anilines is 1. The van der Waals surface area contributed by atoms with E-state index in [9.17, 15) is 26.3 Å². The second-order valence-corrected chi connectivity index (χ2v) is 4.50. The zero-order valence-electron chi connectivity index (χ0n) is 10.6. The lowest BCUT2D eigenvalue weighted by atomic mass is 10.2. The van der Waals surface area contributed by atoms with E-state index in [1.165, 1.54) is 13.1 Å². The summed E-state index contributed by atoms with van der Waals surface area (Å²) in [5.74, 6) is -0.0859. The summed E-state index contributed by atoms with van der Waals surface area (Å²) in [6, 6.07) is -0.303. The number of nitrogens with one attached hydrogen (secondary N) is 1. The van der Waals surface area contributed by atoms with Crippen molar-refractivity contribution in [1.29, 1.82) is 0 Å². The molecular weight excluding hydrogens is 302 g/mol. The predicted octanol–water partition coefficient (Wildman–Crippen LogP) is 3.50. The smallest absolute Gasteiger partial charge is 0.365 e. The number of halogens is 6. The summed E-state index contributed by atoms with van der Waals surface area (Å²) < 4.78 is 75.4. The minimum atomic E-state index is -4.64. The Morgan fingerprint density at radius 2 is 1.90 bits per heavy atom. The molecule has 116 valence electrons. The first-order valence-corrected chi connectivity index (χ1v) is 5.81. The Morgan fingerprint density at radius 3 is 2.48 bits per heavy atom. The van der Waals surface area contributed by atoms with Gasteiger partial charge in [-0.15, -0.1) is 0 Å². The Bertz CT molecular complexity index is 630. The van der Waals surface area contributed by atoms with E-state index in [4.69, 9.17) is 0 Å². The molecule has 0 bridgehead atoms. The molecule has 0 spiro atoms. The fourth-order valence-corrected chi connectivity index (χ4v) is 1.80. The van der Waals surface area contributed by atoms with Crippen LogP contribution in [-0.4, -0.2) is 26.8 Å². The van der Waals surface area contributed by atoms with Crippen LogP contribution in [0.4, 0.5) is 32.2 Å². The highest BCUT2D eigenvalue weighted by Crippen LogP contribution is 2.30. The lowest BCUT2D eigenvalue weighted by molar-refractivity contribution is -0.141. The van der Waals surface area contributed by atoms with E-state index < -0.39 is 30.5 Å². The third kappa shape index (κ3) is 3.76. The first-order chi connectivity index (χ1) is 9.56. The van der Waals surface area contributed by atoms with E-state index >= 15 is 0 Å². The van der Waals surface area contributed by atoms with Crippen molar-refractivity contribution in [2.75, 3.05) is 5.32 Å². The molecule has 2 rings (SSSR count). The molecule has 1 N–H and O–H groups in total. The molecule has 1 atom stereocenters. The molecule has 0 amide bonds. The third-order valence-corrected chi connectivity index (χ3v) is 2.60. The molecule has 0 saturated heterocycles. The summed E-state index contributed by atoms with van der Waals surface area (Å²) in [6.45, 7) is 1.26. The maximum absolute atomic E-state index is 12.6. The highest BCUT2D eigenvalue weighted by molar-refractivity contribution is 5.68. The van der Waals surface area contributed by atoms with Gasteiger partial charge in [-0.25, -0.2) is 9.50 Å². The van der Waals surface area contributed by atoms with E-state index in [1.807, 2.05) is 0 Å². The summed E-state index contributed by atoms with van der Waals surface area (Å²) in [6.07, 6.45) is -7.81. The van der Waals surface area contributed by atoms with Gasteiger partial charge in [0.05, 0.1) is 6.42 Å². The SMILES string of the molecule is CC(CC(F)(F)F)Nc1nccn2nc(C(F)(F)F)cc12. The fraction of sp³-hybridized carbons (Fsp3) is 0.455.